The van der Waals surface area contributed by atoms with Gasteiger partial charge in [0.15, 0.2) is 0 Å². The molecular weight excluding hydrogens is 234 g/mol. The Morgan fingerprint density at radius 2 is 2.00 bits per heavy atom. The first-order chi connectivity index (χ1) is 8.40. The standard InChI is InChI=1S/C12H23N3O3/c1-8(2)10(13)11(18)14-6-9(17)15-12(7-16)4-3-5-12/h8,10,16H,3-7,13H2,1-2H3,(H,14,18)(H,15,17)/t10-/m0/s1. The van der Waals surface area contributed by atoms with E-state index in [1.807, 2.05) is 13.8 Å². The normalized spacial score (nSPS) is 18.9. The van der Waals surface area contributed by atoms with Crippen LogP contribution in [0.15, 0.2) is 0 Å². The van der Waals surface area contributed by atoms with E-state index in [1.54, 1.807) is 0 Å². The fourth-order valence-corrected chi connectivity index (χ4v) is 1.85. The van der Waals surface area contributed by atoms with Crippen LogP contribution in [-0.2, 0) is 9.59 Å². The highest BCUT2D eigenvalue weighted by molar-refractivity contribution is 5.87. The van der Waals surface area contributed by atoms with Gasteiger partial charge < -0.3 is 21.5 Å². The molecule has 1 atom stereocenters. The number of carbonyl (C=O) groups is 2. The molecule has 0 unspecified atom stereocenters. The van der Waals surface area contributed by atoms with Crippen molar-refractivity contribution in [2.75, 3.05) is 13.2 Å². The molecule has 0 aliphatic heterocycles. The van der Waals surface area contributed by atoms with E-state index >= 15 is 0 Å². The number of hydrogen-bond donors (Lipinski definition) is 4. The van der Waals surface area contributed by atoms with Gasteiger partial charge in [0, 0.05) is 0 Å². The number of nitrogens with two attached hydrogens (primary N) is 1. The van der Waals surface area contributed by atoms with E-state index in [0.717, 1.165) is 19.3 Å². The predicted molar refractivity (Wildman–Crippen MR) is 67.6 cm³/mol. The van der Waals surface area contributed by atoms with Gasteiger partial charge in [-0.25, -0.2) is 0 Å². The van der Waals surface area contributed by atoms with Crippen molar-refractivity contribution in [2.45, 2.75) is 44.7 Å². The van der Waals surface area contributed by atoms with E-state index in [-0.39, 0.29) is 30.9 Å². The largest absolute Gasteiger partial charge is 0.394 e. The van der Waals surface area contributed by atoms with Crippen LogP contribution in [0.4, 0.5) is 0 Å². The van der Waals surface area contributed by atoms with Crippen molar-refractivity contribution in [1.29, 1.82) is 0 Å². The molecule has 0 aromatic rings. The lowest BCUT2D eigenvalue weighted by Gasteiger charge is -2.40. The molecule has 5 N–H and O–H groups in total. The van der Waals surface area contributed by atoms with Crippen molar-refractivity contribution in [3.63, 3.8) is 0 Å². The molecule has 0 saturated heterocycles. The van der Waals surface area contributed by atoms with Gasteiger partial charge in [0.2, 0.25) is 11.8 Å². The van der Waals surface area contributed by atoms with Gasteiger partial charge in [0.05, 0.1) is 24.7 Å². The Labute approximate surface area is 107 Å². The van der Waals surface area contributed by atoms with E-state index in [2.05, 4.69) is 10.6 Å². The van der Waals surface area contributed by atoms with Gasteiger partial charge in [0.1, 0.15) is 0 Å². The molecule has 0 aromatic carbocycles. The molecule has 2 amide bonds. The number of nitrogens with one attached hydrogen (secondary N) is 2. The Morgan fingerprint density at radius 3 is 2.39 bits per heavy atom. The Balaban J connectivity index is 2.31. The zero-order valence-electron chi connectivity index (χ0n) is 11.0. The smallest absolute Gasteiger partial charge is 0.239 e. The number of aliphatic hydroxyl groups is 1. The quantitative estimate of drug-likeness (QED) is 0.496. The molecule has 0 bridgehead atoms. The molecular formula is C12H23N3O3. The van der Waals surface area contributed by atoms with Crippen LogP contribution in [0, 0.1) is 5.92 Å². The molecule has 0 spiro atoms. The molecule has 0 radical (unpaired) electrons. The first-order valence-corrected chi connectivity index (χ1v) is 6.35. The van der Waals surface area contributed by atoms with Crippen LogP contribution in [0.5, 0.6) is 0 Å². The zero-order chi connectivity index (χ0) is 13.8. The third-order valence-corrected chi connectivity index (χ3v) is 3.46. The third-order valence-electron chi connectivity index (χ3n) is 3.46. The van der Waals surface area contributed by atoms with Gasteiger partial charge in [-0.3, -0.25) is 9.59 Å². The van der Waals surface area contributed by atoms with Crippen molar-refractivity contribution >= 4 is 11.8 Å². The van der Waals surface area contributed by atoms with Crippen molar-refractivity contribution in [2.24, 2.45) is 11.7 Å². The fraction of sp³-hybridized carbons (Fsp3) is 0.833. The Bertz CT molecular complexity index is 308. The summed E-state index contributed by atoms with van der Waals surface area (Å²) >= 11 is 0. The average molecular weight is 257 g/mol. The van der Waals surface area contributed by atoms with E-state index in [9.17, 15) is 14.7 Å². The molecule has 6 heteroatoms. The number of carbonyl (C=O) groups excluding carboxylic acids is 2. The summed E-state index contributed by atoms with van der Waals surface area (Å²) in [4.78, 5) is 23.2. The number of rotatable bonds is 6. The van der Waals surface area contributed by atoms with Crippen LogP contribution >= 0.6 is 0 Å². The molecule has 18 heavy (non-hydrogen) atoms. The van der Waals surface area contributed by atoms with Crippen LogP contribution in [0.25, 0.3) is 0 Å². The molecule has 1 fully saturated rings. The number of amides is 2. The molecule has 0 aromatic heterocycles. The van der Waals surface area contributed by atoms with Gasteiger partial charge in [-0.15, -0.1) is 0 Å². The molecule has 104 valence electrons. The van der Waals surface area contributed by atoms with E-state index in [4.69, 9.17) is 5.73 Å². The first kappa shape index (κ1) is 14.9. The lowest BCUT2D eigenvalue weighted by atomic mass is 9.77. The summed E-state index contributed by atoms with van der Waals surface area (Å²) in [5, 5.41) is 14.5. The number of hydrogen-bond acceptors (Lipinski definition) is 4. The fourth-order valence-electron chi connectivity index (χ4n) is 1.85. The van der Waals surface area contributed by atoms with Gasteiger partial charge in [0.25, 0.3) is 0 Å². The van der Waals surface area contributed by atoms with Crippen molar-refractivity contribution < 1.29 is 14.7 Å². The van der Waals surface area contributed by atoms with Gasteiger partial charge in [-0.1, -0.05) is 13.8 Å². The third kappa shape index (κ3) is 3.68. The maximum Gasteiger partial charge on any atom is 0.239 e. The van der Waals surface area contributed by atoms with E-state index in [1.165, 1.54) is 0 Å². The van der Waals surface area contributed by atoms with Crippen molar-refractivity contribution in [3.8, 4) is 0 Å². The minimum absolute atomic E-state index is 0.0310. The topological polar surface area (TPSA) is 104 Å². The minimum atomic E-state index is -0.603. The summed E-state index contributed by atoms with van der Waals surface area (Å²) in [6.45, 7) is 3.54. The first-order valence-electron chi connectivity index (χ1n) is 6.35. The summed E-state index contributed by atoms with van der Waals surface area (Å²) in [6, 6.07) is -0.603. The lowest BCUT2D eigenvalue weighted by molar-refractivity contribution is -0.129. The SMILES string of the molecule is CC(C)[C@H](N)C(=O)NCC(=O)NC1(CO)CCC1. The van der Waals surface area contributed by atoms with Gasteiger partial charge >= 0.3 is 0 Å². The molecule has 0 heterocycles. The van der Waals surface area contributed by atoms with Crippen LogP contribution < -0.4 is 16.4 Å². The van der Waals surface area contributed by atoms with Crippen molar-refractivity contribution in [3.05, 3.63) is 0 Å². The summed E-state index contributed by atoms with van der Waals surface area (Å²) in [6.07, 6.45) is 2.58. The zero-order valence-corrected chi connectivity index (χ0v) is 11.0. The summed E-state index contributed by atoms with van der Waals surface area (Å²) in [5.74, 6) is -0.580. The summed E-state index contributed by atoms with van der Waals surface area (Å²) < 4.78 is 0. The minimum Gasteiger partial charge on any atom is -0.394 e. The van der Waals surface area contributed by atoms with Crippen molar-refractivity contribution in [1.82, 2.24) is 10.6 Å². The lowest BCUT2D eigenvalue weighted by Crippen LogP contribution is -2.58. The molecule has 1 saturated carbocycles. The monoisotopic (exact) mass is 257 g/mol. The number of aliphatic hydroxyl groups excluding tert-OH is 1. The van der Waals surface area contributed by atoms with Crippen LogP contribution in [0.2, 0.25) is 0 Å². The van der Waals surface area contributed by atoms with Crippen LogP contribution in [0.1, 0.15) is 33.1 Å². The molecule has 1 rings (SSSR count). The maximum absolute atomic E-state index is 11.6. The second-order valence-electron chi connectivity index (χ2n) is 5.33. The van der Waals surface area contributed by atoms with Crippen LogP contribution in [0.3, 0.4) is 0 Å². The molecule has 1 aliphatic rings. The summed E-state index contributed by atoms with van der Waals surface area (Å²) in [5.41, 5.74) is 5.18. The Morgan fingerprint density at radius 1 is 1.39 bits per heavy atom. The highest BCUT2D eigenvalue weighted by atomic mass is 16.3. The van der Waals surface area contributed by atoms with Gasteiger partial charge in [-0.05, 0) is 25.2 Å². The second kappa shape index (κ2) is 6.15. The highest BCUT2D eigenvalue weighted by Crippen LogP contribution is 2.30. The Kier molecular flexibility index (Phi) is 5.10. The van der Waals surface area contributed by atoms with E-state index in [0.29, 0.717) is 0 Å². The van der Waals surface area contributed by atoms with Crippen LogP contribution in [-0.4, -0.2) is 41.7 Å². The molecule has 1 aliphatic carbocycles. The average Bonchev–Trinajstić information content (AvgIpc) is 2.29. The predicted octanol–water partition coefficient (Wildman–Crippen LogP) is -0.883. The highest BCUT2D eigenvalue weighted by Gasteiger charge is 2.37. The van der Waals surface area contributed by atoms with Gasteiger partial charge in [-0.2, -0.15) is 0 Å². The summed E-state index contributed by atoms with van der Waals surface area (Å²) in [7, 11) is 0. The molecule has 6 nitrogen and oxygen atoms in total. The van der Waals surface area contributed by atoms with E-state index < -0.39 is 11.6 Å². The Hall–Kier alpha value is -1.14. The second-order valence-corrected chi connectivity index (χ2v) is 5.33. The maximum atomic E-state index is 11.6.